The van der Waals surface area contributed by atoms with Crippen LogP contribution in [-0.2, 0) is 20.7 Å². The molecule has 2 atom stereocenters. The largest absolute Gasteiger partial charge is 0.394 e. The quantitative estimate of drug-likeness (QED) is 0.709. The van der Waals surface area contributed by atoms with E-state index < -0.39 is 12.1 Å². The summed E-state index contributed by atoms with van der Waals surface area (Å²) in [5.41, 5.74) is 0.645. The van der Waals surface area contributed by atoms with Crippen LogP contribution >= 0.6 is 0 Å². The molecule has 3 heterocycles. The summed E-state index contributed by atoms with van der Waals surface area (Å²) in [5.74, 6) is 1.31. The number of nitrogens with zero attached hydrogens (tertiary/aromatic N) is 4. The molecule has 0 spiro atoms. The Labute approximate surface area is 153 Å². The van der Waals surface area contributed by atoms with Crippen LogP contribution in [0.15, 0.2) is 18.9 Å². The van der Waals surface area contributed by atoms with Gasteiger partial charge in [0.05, 0.1) is 44.8 Å². The number of anilines is 2. The van der Waals surface area contributed by atoms with Gasteiger partial charge in [0.1, 0.15) is 17.6 Å². The zero-order chi connectivity index (χ0) is 18.7. The highest BCUT2D eigenvalue weighted by molar-refractivity contribution is 6.04. The number of fused-ring (bicyclic) bond motifs is 3. The van der Waals surface area contributed by atoms with Gasteiger partial charge in [-0.2, -0.15) is 0 Å². The summed E-state index contributed by atoms with van der Waals surface area (Å²) in [6, 6.07) is -0.416. The van der Waals surface area contributed by atoms with Crippen molar-refractivity contribution in [3.05, 3.63) is 24.7 Å². The molecule has 8 heteroatoms. The summed E-state index contributed by atoms with van der Waals surface area (Å²) in [7, 11) is 0. The lowest BCUT2D eigenvalue weighted by Crippen LogP contribution is -2.60. The SMILES string of the molecule is C=CCc1ncc2c(n1)N1CCOCC1C(=O)N2C[C@@H](CO)OC(C)C. The van der Waals surface area contributed by atoms with E-state index in [1.807, 2.05) is 18.7 Å². The molecule has 0 aliphatic carbocycles. The van der Waals surface area contributed by atoms with Gasteiger partial charge in [0.2, 0.25) is 0 Å². The van der Waals surface area contributed by atoms with Gasteiger partial charge in [-0.05, 0) is 13.8 Å². The molecule has 2 aliphatic heterocycles. The van der Waals surface area contributed by atoms with E-state index in [0.29, 0.717) is 37.7 Å². The van der Waals surface area contributed by atoms with E-state index in [1.165, 1.54) is 0 Å². The number of aliphatic hydroxyl groups excluding tert-OH is 1. The molecule has 1 N–H and O–H groups in total. The number of ether oxygens (including phenoxy) is 2. The molecular formula is C18H26N4O4. The minimum absolute atomic E-state index is 0.0488. The molecule has 0 saturated carbocycles. The fourth-order valence-corrected chi connectivity index (χ4v) is 3.31. The highest BCUT2D eigenvalue weighted by atomic mass is 16.5. The standard InChI is InChI=1S/C18H26N4O4/c1-4-5-16-19-8-14-17(20-16)21-6-7-25-11-15(21)18(24)22(14)9-13(10-23)26-12(2)3/h4,8,12-13,15,23H,1,5-7,9-11H2,2-3H3/t13-,15?/m0/s1. The third-order valence-electron chi connectivity index (χ3n) is 4.42. The predicted octanol–water partition coefficient (Wildman–Crippen LogP) is 0.543. The number of rotatable bonds is 7. The fourth-order valence-electron chi connectivity index (χ4n) is 3.31. The zero-order valence-electron chi connectivity index (χ0n) is 15.3. The van der Waals surface area contributed by atoms with Crippen molar-refractivity contribution in [1.29, 1.82) is 0 Å². The Morgan fingerprint density at radius 1 is 1.54 bits per heavy atom. The summed E-state index contributed by atoms with van der Waals surface area (Å²) >= 11 is 0. The first-order chi connectivity index (χ1) is 12.5. The number of morpholine rings is 1. The first-order valence-electron chi connectivity index (χ1n) is 8.94. The van der Waals surface area contributed by atoms with Crippen LogP contribution in [0.4, 0.5) is 11.5 Å². The molecule has 1 unspecified atom stereocenters. The Hall–Kier alpha value is -2.03. The van der Waals surface area contributed by atoms with E-state index in [-0.39, 0.29) is 25.2 Å². The third-order valence-corrected chi connectivity index (χ3v) is 4.42. The second kappa shape index (κ2) is 8.11. The van der Waals surface area contributed by atoms with Crippen molar-refractivity contribution in [2.24, 2.45) is 0 Å². The molecule has 8 nitrogen and oxygen atoms in total. The zero-order valence-corrected chi connectivity index (χ0v) is 15.3. The summed E-state index contributed by atoms with van der Waals surface area (Å²) in [5, 5.41) is 9.65. The molecule has 3 rings (SSSR count). The van der Waals surface area contributed by atoms with Gasteiger partial charge in [-0.1, -0.05) is 6.08 Å². The van der Waals surface area contributed by atoms with Crippen LogP contribution in [0, 0.1) is 0 Å². The van der Waals surface area contributed by atoms with E-state index in [4.69, 9.17) is 9.47 Å². The topological polar surface area (TPSA) is 88.0 Å². The molecule has 142 valence electrons. The third kappa shape index (κ3) is 3.72. The molecule has 1 aromatic heterocycles. The van der Waals surface area contributed by atoms with Crippen LogP contribution < -0.4 is 9.80 Å². The van der Waals surface area contributed by atoms with Gasteiger partial charge in [0.25, 0.3) is 5.91 Å². The Morgan fingerprint density at radius 2 is 2.35 bits per heavy atom. The van der Waals surface area contributed by atoms with Gasteiger partial charge in [-0.25, -0.2) is 9.97 Å². The maximum atomic E-state index is 13.1. The van der Waals surface area contributed by atoms with Crippen LogP contribution in [0.5, 0.6) is 0 Å². The number of allylic oxidation sites excluding steroid dienone is 1. The Bertz CT molecular complexity index is 667. The van der Waals surface area contributed by atoms with Gasteiger partial charge in [0.15, 0.2) is 5.82 Å². The van der Waals surface area contributed by atoms with Crippen molar-refractivity contribution in [2.75, 3.05) is 42.7 Å². The average molecular weight is 362 g/mol. The highest BCUT2D eigenvalue weighted by Crippen LogP contribution is 2.35. The Kier molecular flexibility index (Phi) is 5.85. The lowest BCUT2D eigenvalue weighted by Gasteiger charge is -2.44. The van der Waals surface area contributed by atoms with Crippen molar-refractivity contribution in [1.82, 2.24) is 9.97 Å². The van der Waals surface area contributed by atoms with Crippen molar-refractivity contribution < 1.29 is 19.4 Å². The van der Waals surface area contributed by atoms with Gasteiger partial charge < -0.3 is 24.4 Å². The molecule has 1 aromatic rings. The van der Waals surface area contributed by atoms with Crippen LogP contribution in [0.3, 0.4) is 0 Å². The summed E-state index contributed by atoms with van der Waals surface area (Å²) in [4.78, 5) is 25.7. The second-order valence-electron chi connectivity index (χ2n) is 6.71. The van der Waals surface area contributed by atoms with Gasteiger partial charge in [0, 0.05) is 13.0 Å². The Balaban J connectivity index is 1.96. The number of amides is 1. The van der Waals surface area contributed by atoms with Gasteiger partial charge in [-0.3, -0.25) is 4.79 Å². The lowest BCUT2D eigenvalue weighted by atomic mass is 10.1. The van der Waals surface area contributed by atoms with E-state index in [1.54, 1.807) is 17.2 Å². The predicted molar refractivity (Wildman–Crippen MR) is 97.3 cm³/mol. The highest BCUT2D eigenvalue weighted by Gasteiger charge is 2.42. The summed E-state index contributed by atoms with van der Waals surface area (Å²) in [6.45, 7) is 9.09. The number of hydrogen-bond acceptors (Lipinski definition) is 7. The maximum Gasteiger partial charge on any atom is 0.252 e. The smallest absolute Gasteiger partial charge is 0.252 e. The second-order valence-corrected chi connectivity index (χ2v) is 6.71. The number of aromatic nitrogens is 2. The van der Waals surface area contributed by atoms with Gasteiger partial charge >= 0.3 is 0 Å². The summed E-state index contributed by atoms with van der Waals surface area (Å²) in [6.07, 6.45) is 3.46. The first kappa shape index (κ1) is 18.8. The first-order valence-corrected chi connectivity index (χ1v) is 8.94. The Morgan fingerprint density at radius 3 is 3.04 bits per heavy atom. The maximum absolute atomic E-state index is 13.1. The van der Waals surface area contributed by atoms with Gasteiger partial charge in [-0.15, -0.1) is 6.58 Å². The normalized spacial score (nSPS) is 20.8. The van der Waals surface area contributed by atoms with E-state index in [0.717, 1.165) is 5.82 Å². The van der Waals surface area contributed by atoms with Crippen LogP contribution in [-0.4, -0.2) is 72.1 Å². The van der Waals surface area contributed by atoms with E-state index >= 15 is 0 Å². The molecule has 0 aromatic carbocycles. The van der Waals surface area contributed by atoms with E-state index in [2.05, 4.69) is 16.5 Å². The van der Waals surface area contributed by atoms with E-state index in [9.17, 15) is 9.90 Å². The van der Waals surface area contributed by atoms with Crippen molar-refractivity contribution >= 4 is 17.4 Å². The molecule has 1 fully saturated rings. The molecule has 0 radical (unpaired) electrons. The molecule has 2 aliphatic rings. The van der Waals surface area contributed by atoms with Crippen LogP contribution in [0.2, 0.25) is 0 Å². The number of carbonyl (C=O) groups excluding carboxylic acids is 1. The molecule has 0 bridgehead atoms. The molecular weight excluding hydrogens is 336 g/mol. The number of carbonyl (C=O) groups is 1. The molecule has 1 saturated heterocycles. The monoisotopic (exact) mass is 362 g/mol. The van der Waals surface area contributed by atoms with Crippen LogP contribution in [0.1, 0.15) is 19.7 Å². The molecule has 1 amide bonds. The average Bonchev–Trinajstić information content (AvgIpc) is 2.64. The van der Waals surface area contributed by atoms with Crippen molar-refractivity contribution in [2.45, 2.75) is 38.5 Å². The fraction of sp³-hybridized carbons (Fsp3) is 0.611. The minimum atomic E-state index is -0.476. The van der Waals surface area contributed by atoms with Crippen LogP contribution in [0.25, 0.3) is 0 Å². The molecule has 26 heavy (non-hydrogen) atoms. The van der Waals surface area contributed by atoms with Crippen molar-refractivity contribution in [3.8, 4) is 0 Å². The van der Waals surface area contributed by atoms with Crippen molar-refractivity contribution in [3.63, 3.8) is 0 Å². The number of hydrogen-bond donors (Lipinski definition) is 1. The lowest BCUT2D eigenvalue weighted by molar-refractivity contribution is -0.123. The number of aliphatic hydroxyl groups is 1. The summed E-state index contributed by atoms with van der Waals surface area (Å²) < 4.78 is 11.2. The minimum Gasteiger partial charge on any atom is -0.394 e.